The predicted octanol–water partition coefficient (Wildman–Crippen LogP) is 1.48. The van der Waals surface area contributed by atoms with Gasteiger partial charge in [-0.25, -0.2) is 0 Å². The molecule has 0 atom stereocenters. The Kier molecular flexibility index (Phi) is 5.45. The zero-order valence-electron chi connectivity index (χ0n) is 12.9. The summed E-state index contributed by atoms with van der Waals surface area (Å²) in [5, 5.41) is 2.13. The minimum Gasteiger partial charge on any atom is -0.318 e. The van der Waals surface area contributed by atoms with Crippen LogP contribution >= 0.6 is 0 Å². The number of nitrogens with zero attached hydrogens (tertiary/aromatic N) is 1. The molecule has 0 unspecified atom stereocenters. The molecule has 1 aliphatic rings. The van der Waals surface area contributed by atoms with Crippen molar-refractivity contribution in [3.05, 3.63) is 41.6 Å². The standard InChI is InChI=1S/C15H17F3N4O2/c1-22-7-5-11(6-8-22)20-21-14(24)13(23)19-12-4-2-3-10(9-12)15(16,17)18/h2-5,9,20H,6-8H2,1H3,(H,19,23)(H,21,24). The smallest absolute Gasteiger partial charge is 0.318 e. The maximum atomic E-state index is 12.6. The molecule has 0 radical (unpaired) electrons. The van der Waals surface area contributed by atoms with E-state index in [0.717, 1.165) is 30.4 Å². The molecule has 24 heavy (non-hydrogen) atoms. The summed E-state index contributed by atoms with van der Waals surface area (Å²) in [6, 6.07) is 4.06. The molecule has 2 rings (SSSR count). The highest BCUT2D eigenvalue weighted by Crippen LogP contribution is 2.30. The van der Waals surface area contributed by atoms with Gasteiger partial charge in [-0.05, 0) is 31.3 Å². The van der Waals surface area contributed by atoms with Crippen LogP contribution in [0.1, 0.15) is 12.0 Å². The van der Waals surface area contributed by atoms with Gasteiger partial charge in [-0.3, -0.25) is 15.0 Å². The number of amides is 2. The summed E-state index contributed by atoms with van der Waals surface area (Å²) in [6.45, 7) is 1.53. The first-order valence-electron chi connectivity index (χ1n) is 7.18. The molecule has 0 fully saturated rings. The van der Waals surface area contributed by atoms with Gasteiger partial charge < -0.3 is 15.6 Å². The first-order valence-corrected chi connectivity index (χ1v) is 7.18. The number of likely N-dealkylation sites (N-methyl/N-ethyl adjacent to an activating group) is 1. The normalized spacial score (nSPS) is 15.4. The van der Waals surface area contributed by atoms with Gasteiger partial charge in [0.2, 0.25) is 0 Å². The molecule has 2 amide bonds. The van der Waals surface area contributed by atoms with Crippen molar-refractivity contribution < 1.29 is 22.8 Å². The summed E-state index contributed by atoms with van der Waals surface area (Å²) in [5.41, 5.74) is 4.62. The van der Waals surface area contributed by atoms with Crippen molar-refractivity contribution in [3.63, 3.8) is 0 Å². The van der Waals surface area contributed by atoms with Crippen LogP contribution in [0.5, 0.6) is 0 Å². The average molecular weight is 342 g/mol. The molecular formula is C15H17F3N4O2. The van der Waals surface area contributed by atoms with Crippen molar-refractivity contribution in [3.8, 4) is 0 Å². The van der Waals surface area contributed by atoms with Crippen LogP contribution < -0.4 is 16.2 Å². The number of benzene rings is 1. The van der Waals surface area contributed by atoms with Gasteiger partial charge in [0.15, 0.2) is 0 Å². The highest BCUT2D eigenvalue weighted by atomic mass is 19.4. The van der Waals surface area contributed by atoms with E-state index in [0.29, 0.717) is 13.0 Å². The number of carbonyl (C=O) groups excluding carboxylic acids is 2. The lowest BCUT2D eigenvalue weighted by molar-refractivity contribution is -0.137. The molecule has 0 aliphatic carbocycles. The molecule has 1 aromatic carbocycles. The number of anilines is 1. The minimum absolute atomic E-state index is 0.108. The fourth-order valence-electron chi connectivity index (χ4n) is 2.04. The van der Waals surface area contributed by atoms with Gasteiger partial charge in [-0.15, -0.1) is 0 Å². The molecule has 6 nitrogen and oxygen atoms in total. The lowest BCUT2D eigenvalue weighted by Gasteiger charge is -2.22. The Morgan fingerprint density at radius 1 is 1.21 bits per heavy atom. The molecule has 0 spiro atoms. The maximum absolute atomic E-state index is 12.6. The third kappa shape index (κ3) is 4.98. The number of hydrazine groups is 1. The van der Waals surface area contributed by atoms with Gasteiger partial charge in [0.25, 0.3) is 0 Å². The Morgan fingerprint density at radius 3 is 2.58 bits per heavy atom. The van der Waals surface area contributed by atoms with E-state index in [1.54, 1.807) is 0 Å². The van der Waals surface area contributed by atoms with E-state index in [9.17, 15) is 22.8 Å². The van der Waals surface area contributed by atoms with Crippen LogP contribution in [0.15, 0.2) is 36.0 Å². The molecule has 9 heteroatoms. The van der Waals surface area contributed by atoms with Crippen LogP contribution in [0.2, 0.25) is 0 Å². The second-order valence-electron chi connectivity index (χ2n) is 5.35. The van der Waals surface area contributed by atoms with E-state index in [-0.39, 0.29) is 5.69 Å². The Balaban J connectivity index is 1.89. The monoisotopic (exact) mass is 342 g/mol. The van der Waals surface area contributed by atoms with E-state index < -0.39 is 23.6 Å². The molecule has 1 heterocycles. The Hall–Kier alpha value is -2.55. The molecular weight excluding hydrogens is 325 g/mol. The summed E-state index contributed by atoms with van der Waals surface area (Å²) in [7, 11) is 1.95. The number of rotatable bonds is 3. The highest BCUT2D eigenvalue weighted by Gasteiger charge is 2.30. The van der Waals surface area contributed by atoms with E-state index in [4.69, 9.17) is 0 Å². The Labute approximate surface area is 136 Å². The summed E-state index contributed by atoms with van der Waals surface area (Å²) >= 11 is 0. The number of alkyl halides is 3. The van der Waals surface area contributed by atoms with Crippen LogP contribution in [0, 0.1) is 0 Å². The van der Waals surface area contributed by atoms with E-state index >= 15 is 0 Å². The highest BCUT2D eigenvalue weighted by molar-refractivity contribution is 6.39. The van der Waals surface area contributed by atoms with Crippen molar-refractivity contribution in [1.29, 1.82) is 0 Å². The second kappa shape index (κ2) is 7.35. The quantitative estimate of drug-likeness (QED) is 0.575. The number of nitrogens with one attached hydrogen (secondary N) is 3. The zero-order valence-corrected chi connectivity index (χ0v) is 12.9. The topological polar surface area (TPSA) is 73.5 Å². The first kappa shape index (κ1) is 17.8. The first-order chi connectivity index (χ1) is 11.3. The lowest BCUT2D eigenvalue weighted by atomic mass is 10.2. The minimum atomic E-state index is -4.52. The molecule has 0 bridgehead atoms. The van der Waals surface area contributed by atoms with Crippen molar-refractivity contribution in [2.45, 2.75) is 12.6 Å². The molecule has 0 saturated heterocycles. The van der Waals surface area contributed by atoms with Crippen molar-refractivity contribution in [2.75, 3.05) is 25.5 Å². The van der Waals surface area contributed by atoms with Crippen LogP contribution in [0.4, 0.5) is 18.9 Å². The zero-order chi connectivity index (χ0) is 17.7. The van der Waals surface area contributed by atoms with Crippen LogP contribution in [-0.2, 0) is 15.8 Å². The third-order valence-electron chi connectivity index (χ3n) is 3.40. The molecule has 130 valence electrons. The van der Waals surface area contributed by atoms with Crippen molar-refractivity contribution >= 4 is 17.5 Å². The molecule has 0 saturated carbocycles. The van der Waals surface area contributed by atoms with Gasteiger partial charge in [0, 0.05) is 30.9 Å². The van der Waals surface area contributed by atoms with Crippen molar-refractivity contribution in [1.82, 2.24) is 15.8 Å². The van der Waals surface area contributed by atoms with Gasteiger partial charge >= 0.3 is 18.0 Å². The van der Waals surface area contributed by atoms with Crippen molar-refractivity contribution in [2.24, 2.45) is 0 Å². The predicted molar refractivity (Wildman–Crippen MR) is 81.5 cm³/mol. The molecule has 3 N–H and O–H groups in total. The molecule has 1 aliphatic heterocycles. The number of halogens is 3. The largest absolute Gasteiger partial charge is 0.416 e. The Bertz CT molecular complexity index is 658. The average Bonchev–Trinajstić information content (AvgIpc) is 2.53. The SMILES string of the molecule is CN1CC=C(NNC(=O)C(=O)Nc2cccc(C(F)(F)F)c2)CC1. The summed E-state index contributed by atoms with van der Waals surface area (Å²) in [6.07, 6.45) is -1.97. The number of carbonyl (C=O) groups is 2. The molecule has 0 aromatic heterocycles. The lowest BCUT2D eigenvalue weighted by Crippen LogP contribution is -2.44. The van der Waals surface area contributed by atoms with Crippen LogP contribution in [0.3, 0.4) is 0 Å². The summed E-state index contributed by atoms with van der Waals surface area (Å²) < 4.78 is 37.8. The van der Waals surface area contributed by atoms with Crippen LogP contribution in [-0.4, -0.2) is 36.9 Å². The van der Waals surface area contributed by atoms with E-state index in [2.05, 4.69) is 21.1 Å². The Morgan fingerprint density at radius 2 is 1.96 bits per heavy atom. The summed E-state index contributed by atoms with van der Waals surface area (Å²) in [4.78, 5) is 25.5. The second-order valence-corrected chi connectivity index (χ2v) is 5.35. The van der Waals surface area contributed by atoms with Crippen LogP contribution in [0.25, 0.3) is 0 Å². The summed E-state index contributed by atoms with van der Waals surface area (Å²) in [5.74, 6) is -2.05. The van der Waals surface area contributed by atoms with Gasteiger partial charge in [0.05, 0.1) is 5.56 Å². The molecule has 1 aromatic rings. The fraction of sp³-hybridized carbons (Fsp3) is 0.333. The van der Waals surface area contributed by atoms with Gasteiger partial charge in [0.1, 0.15) is 0 Å². The van der Waals surface area contributed by atoms with Gasteiger partial charge in [-0.2, -0.15) is 13.2 Å². The number of hydrogen-bond acceptors (Lipinski definition) is 4. The van der Waals surface area contributed by atoms with Gasteiger partial charge in [-0.1, -0.05) is 6.07 Å². The maximum Gasteiger partial charge on any atom is 0.416 e. The van der Waals surface area contributed by atoms with E-state index in [1.807, 2.05) is 13.1 Å². The fourth-order valence-corrected chi connectivity index (χ4v) is 2.04. The van der Waals surface area contributed by atoms with E-state index in [1.165, 1.54) is 6.07 Å². The number of hydrogen-bond donors (Lipinski definition) is 3. The third-order valence-corrected chi connectivity index (χ3v) is 3.40.